The highest BCUT2D eigenvalue weighted by Gasteiger charge is 2.64. The number of nitrogens with zero attached hydrogens (tertiary/aromatic N) is 1. The van der Waals surface area contributed by atoms with Gasteiger partial charge < -0.3 is 9.47 Å². The van der Waals surface area contributed by atoms with Crippen LogP contribution in [-0.4, -0.2) is 43.0 Å². The van der Waals surface area contributed by atoms with Crippen LogP contribution in [-0.2, 0) is 4.74 Å². The zero-order valence-corrected chi connectivity index (χ0v) is 15.6. The van der Waals surface area contributed by atoms with Gasteiger partial charge in [0.25, 0.3) is 0 Å². The molecule has 3 atom stereocenters. The van der Waals surface area contributed by atoms with Gasteiger partial charge >= 0.3 is 0 Å². The van der Waals surface area contributed by atoms with Crippen LogP contribution in [0.15, 0.2) is 54.6 Å². The van der Waals surface area contributed by atoms with Crippen LogP contribution in [0.4, 0.5) is 0 Å². The maximum absolute atomic E-state index is 12.6. The number of hydrogen-bond donors (Lipinski definition) is 0. The number of fused-ring (bicyclic) bond motifs is 1. The summed E-state index contributed by atoms with van der Waals surface area (Å²) in [5.41, 5.74) is 2.14. The van der Waals surface area contributed by atoms with E-state index in [1.165, 1.54) is 5.56 Å². The Hall–Kier alpha value is -2.17. The molecule has 1 aliphatic carbocycles. The summed E-state index contributed by atoms with van der Waals surface area (Å²) < 4.78 is 11.4. The van der Waals surface area contributed by atoms with Crippen LogP contribution in [0.3, 0.4) is 0 Å². The van der Waals surface area contributed by atoms with Gasteiger partial charge in [0.2, 0.25) is 0 Å². The molecule has 5 rings (SSSR count). The Labute approximate surface area is 160 Å². The molecule has 0 N–H and O–H groups in total. The number of ketones is 1. The maximum atomic E-state index is 12.6. The average molecular weight is 363 g/mol. The molecule has 3 unspecified atom stereocenters. The van der Waals surface area contributed by atoms with E-state index in [-0.39, 0.29) is 17.5 Å². The van der Waals surface area contributed by atoms with Gasteiger partial charge in [-0.05, 0) is 54.5 Å². The van der Waals surface area contributed by atoms with Crippen molar-refractivity contribution in [3.05, 3.63) is 65.7 Å². The minimum Gasteiger partial charge on any atom is -0.497 e. The van der Waals surface area contributed by atoms with E-state index in [0.717, 1.165) is 37.2 Å². The summed E-state index contributed by atoms with van der Waals surface area (Å²) in [6.07, 6.45) is 2.54. The standard InChI is InChI=1S/C23H25NO3/c1-26-20-9-7-16(8-10-20)21(25)15-24-13-18-11-23(12-19(18)14-24)22(27-23)17-5-3-2-4-6-17/h2-10,18-19,22H,11-15H2,1H3. The zero-order chi connectivity index (χ0) is 18.4. The van der Waals surface area contributed by atoms with Crippen molar-refractivity contribution in [3.63, 3.8) is 0 Å². The number of methoxy groups -OCH3 is 1. The quantitative estimate of drug-likeness (QED) is 0.600. The number of ether oxygens (including phenoxy) is 2. The lowest BCUT2D eigenvalue weighted by molar-refractivity contribution is 0.0939. The second kappa shape index (κ2) is 6.47. The van der Waals surface area contributed by atoms with Gasteiger partial charge in [-0.15, -0.1) is 0 Å². The van der Waals surface area contributed by atoms with Crippen LogP contribution in [0, 0.1) is 11.8 Å². The lowest BCUT2D eigenvalue weighted by atomic mass is 9.96. The predicted octanol–water partition coefficient (Wildman–Crippen LogP) is 3.73. The number of hydrogen-bond acceptors (Lipinski definition) is 4. The van der Waals surface area contributed by atoms with E-state index in [4.69, 9.17) is 9.47 Å². The lowest BCUT2D eigenvalue weighted by Crippen LogP contribution is -2.29. The fraction of sp³-hybridized carbons (Fsp3) is 0.435. The fourth-order valence-corrected chi connectivity index (χ4v) is 5.18. The molecule has 1 spiro atoms. The highest BCUT2D eigenvalue weighted by molar-refractivity contribution is 5.97. The van der Waals surface area contributed by atoms with Gasteiger partial charge in [0, 0.05) is 18.7 Å². The Morgan fingerprint density at radius 3 is 2.37 bits per heavy atom. The van der Waals surface area contributed by atoms with Gasteiger partial charge in [-0.3, -0.25) is 9.69 Å². The second-order valence-corrected chi connectivity index (χ2v) is 8.25. The van der Waals surface area contributed by atoms with Crippen LogP contribution in [0.2, 0.25) is 0 Å². The van der Waals surface area contributed by atoms with Crippen molar-refractivity contribution in [2.45, 2.75) is 24.5 Å². The lowest BCUT2D eigenvalue weighted by Gasteiger charge is -2.17. The normalized spacial score (nSPS) is 31.8. The zero-order valence-electron chi connectivity index (χ0n) is 15.6. The van der Waals surface area contributed by atoms with Gasteiger partial charge in [0.1, 0.15) is 17.5 Å². The van der Waals surface area contributed by atoms with E-state index in [1.54, 1.807) is 7.11 Å². The molecule has 0 aromatic heterocycles. The first-order valence-electron chi connectivity index (χ1n) is 9.79. The molecule has 2 aromatic rings. The van der Waals surface area contributed by atoms with Crippen molar-refractivity contribution in [3.8, 4) is 5.75 Å². The summed E-state index contributed by atoms with van der Waals surface area (Å²) in [6.45, 7) is 2.54. The molecule has 2 aliphatic heterocycles. The van der Waals surface area contributed by atoms with Crippen LogP contribution < -0.4 is 4.74 Å². The highest BCUT2D eigenvalue weighted by atomic mass is 16.6. The first-order chi connectivity index (χ1) is 13.2. The van der Waals surface area contributed by atoms with E-state index in [1.807, 2.05) is 24.3 Å². The maximum Gasteiger partial charge on any atom is 0.176 e. The predicted molar refractivity (Wildman–Crippen MR) is 103 cm³/mol. The van der Waals surface area contributed by atoms with Crippen LogP contribution in [0.1, 0.15) is 34.9 Å². The van der Waals surface area contributed by atoms with Crippen molar-refractivity contribution in [1.29, 1.82) is 0 Å². The molecule has 0 radical (unpaired) electrons. The number of benzene rings is 2. The van der Waals surface area contributed by atoms with E-state index in [9.17, 15) is 4.79 Å². The Morgan fingerprint density at radius 2 is 1.74 bits per heavy atom. The number of carbonyl (C=O) groups is 1. The smallest absolute Gasteiger partial charge is 0.176 e. The molecular formula is C23H25NO3. The van der Waals surface area contributed by atoms with Gasteiger partial charge in [0.05, 0.1) is 13.7 Å². The molecule has 27 heavy (non-hydrogen) atoms. The Bertz CT molecular complexity index is 818. The molecule has 4 nitrogen and oxygen atoms in total. The van der Waals surface area contributed by atoms with Crippen molar-refractivity contribution in [2.75, 3.05) is 26.7 Å². The molecular weight excluding hydrogens is 338 g/mol. The Kier molecular flexibility index (Phi) is 4.06. The molecule has 3 aliphatic rings. The molecule has 0 bridgehead atoms. The second-order valence-electron chi connectivity index (χ2n) is 8.25. The summed E-state index contributed by atoms with van der Waals surface area (Å²) in [7, 11) is 1.64. The molecule has 2 aromatic carbocycles. The fourth-order valence-electron chi connectivity index (χ4n) is 5.18. The minimum atomic E-state index is 0.0722. The third-order valence-electron chi connectivity index (χ3n) is 6.52. The Morgan fingerprint density at radius 1 is 1.07 bits per heavy atom. The minimum absolute atomic E-state index is 0.0722. The summed E-state index contributed by atoms with van der Waals surface area (Å²) in [5.74, 6) is 2.28. The summed E-state index contributed by atoms with van der Waals surface area (Å²) in [6, 6.07) is 18.0. The number of carbonyl (C=O) groups excluding carboxylic acids is 1. The third kappa shape index (κ3) is 3.07. The van der Waals surface area contributed by atoms with Gasteiger partial charge in [-0.2, -0.15) is 0 Å². The SMILES string of the molecule is COc1ccc(C(=O)CN2CC3CC4(CC3C2)OC4c2ccccc2)cc1. The van der Waals surface area contributed by atoms with Gasteiger partial charge in [-0.1, -0.05) is 30.3 Å². The Balaban J connectivity index is 1.18. The molecule has 0 amide bonds. The monoisotopic (exact) mass is 363 g/mol. The summed E-state index contributed by atoms with van der Waals surface area (Å²) >= 11 is 0. The highest BCUT2D eigenvalue weighted by Crippen LogP contribution is 2.63. The van der Waals surface area contributed by atoms with E-state index in [2.05, 4.69) is 35.2 Å². The molecule has 4 heteroatoms. The van der Waals surface area contributed by atoms with Crippen LogP contribution in [0.5, 0.6) is 5.75 Å². The topological polar surface area (TPSA) is 42.1 Å². The molecule has 2 heterocycles. The van der Waals surface area contributed by atoms with Gasteiger partial charge in [0.15, 0.2) is 5.78 Å². The molecule has 140 valence electrons. The van der Waals surface area contributed by atoms with E-state index in [0.29, 0.717) is 18.4 Å². The summed E-state index contributed by atoms with van der Waals surface area (Å²) in [5, 5.41) is 0. The van der Waals surface area contributed by atoms with Crippen molar-refractivity contribution < 1.29 is 14.3 Å². The largest absolute Gasteiger partial charge is 0.497 e. The molecule has 1 saturated carbocycles. The van der Waals surface area contributed by atoms with E-state index < -0.39 is 0 Å². The number of Topliss-reactive ketones (excluding diaryl/α,β-unsaturated/α-hetero) is 1. The summed E-state index contributed by atoms with van der Waals surface area (Å²) in [4.78, 5) is 14.9. The molecule has 3 fully saturated rings. The first-order valence-corrected chi connectivity index (χ1v) is 9.79. The molecule has 2 saturated heterocycles. The van der Waals surface area contributed by atoms with Crippen LogP contribution >= 0.6 is 0 Å². The third-order valence-corrected chi connectivity index (χ3v) is 6.52. The number of rotatable bonds is 5. The average Bonchev–Trinajstić information content (AvgIpc) is 3.12. The number of likely N-dealkylation sites (tertiary alicyclic amines) is 1. The van der Waals surface area contributed by atoms with Crippen molar-refractivity contribution in [1.82, 2.24) is 4.90 Å². The van der Waals surface area contributed by atoms with Crippen molar-refractivity contribution >= 4 is 5.78 Å². The van der Waals surface area contributed by atoms with Crippen LogP contribution in [0.25, 0.3) is 0 Å². The number of epoxide rings is 1. The first kappa shape index (κ1) is 17.0. The van der Waals surface area contributed by atoms with Crippen molar-refractivity contribution in [2.24, 2.45) is 11.8 Å². The van der Waals surface area contributed by atoms with Gasteiger partial charge in [-0.25, -0.2) is 0 Å². The van der Waals surface area contributed by atoms with E-state index >= 15 is 0 Å².